The van der Waals surface area contributed by atoms with Crippen LogP contribution >= 0.6 is 0 Å². The highest BCUT2D eigenvalue weighted by Crippen LogP contribution is 2.06. The Bertz CT molecular complexity index is 375. The Morgan fingerprint density at radius 3 is 1.77 bits per heavy atom. The van der Waals surface area contributed by atoms with Crippen LogP contribution in [0.4, 0.5) is 0 Å². The average molecular weight is 308 g/mol. The van der Waals surface area contributed by atoms with Crippen molar-refractivity contribution in [3.05, 3.63) is 42.0 Å². The highest BCUT2D eigenvalue weighted by atomic mass is 16.6. The lowest BCUT2D eigenvalue weighted by Crippen LogP contribution is -2.12. The number of rotatable bonds is 14. The molecule has 1 rings (SSSR count). The summed E-state index contributed by atoms with van der Waals surface area (Å²) in [6.45, 7) is 10.9. The molecular weight excluding hydrogens is 280 g/mol. The molecule has 0 aliphatic rings. The Labute approximate surface area is 134 Å². The van der Waals surface area contributed by atoms with Gasteiger partial charge in [-0.3, -0.25) is 0 Å². The van der Waals surface area contributed by atoms with E-state index in [9.17, 15) is 0 Å². The average Bonchev–Trinajstić information content (AvgIpc) is 2.56. The van der Waals surface area contributed by atoms with Crippen molar-refractivity contribution in [1.82, 2.24) is 0 Å². The molecule has 0 aliphatic carbocycles. The highest BCUT2D eigenvalue weighted by Gasteiger charge is 1.95. The zero-order chi connectivity index (χ0) is 15.9. The number of ether oxygens (including phenoxy) is 4. The van der Waals surface area contributed by atoms with Gasteiger partial charge in [0.05, 0.1) is 46.2 Å². The van der Waals surface area contributed by atoms with E-state index in [-0.39, 0.29) is 0 Å². The van der Waals surface area contributed by atoms with Gasteiger partial charge in [-0.1, -0.05) is 43.8 Å². The van der Waals surface area contributed by atoms with Crippen molar-refractivity contribution in [2.45, 2.75) is 20.0 Å². The molecule has 0 bridgehead atoms. The molecule has 1 aromatic carbocycles. The Hall–Kier alpha value is -1.20. The third-order valence-electron chi connectivity index (χ3n) is 2.95. The lowest BCUT2D eigenvalue weighted by atomic mass is 10.1. The van der Waals surface area contributed by atoms with Crippen LogP contribution < -0.4 is 0 Å². The van der Waals surface area contributed by atoms with Crippen molar-refractivity contribution < 1.29 is 18.9 Å². The van der Waals surface area contributed by atoms with E-state index in [0.717, 1.165) is 24.2 Å². The molecule has 4 heteroatoms. The van der Waals surface area contributed by atoms with Crippen LogP contribution in [0.15, 0.2) is 30.8 Å². The second-order valence-electron chi connectivity index (χ2n) is 4.84. The van der Waals surface area contributed by atoms with Gasteiger partial charge in [0, 0.05) is 6.61 Å². The fourth-order valence-corrected chi connectivity index (χ4v) is 1.74. The molecule has 4 nitrogen and oxygen atoms in total. The smallest absolute Gasteiger partial charge is 0.0718 e. The SMILES string of the molecule is C=Cc1ccc(COCCOCCOCCOCCC)cc1. The Morgan fingerprint density at radius 1 is 0.773 bits per heavy atom. The van der Waals surface area contributed by atoms with Gasteiger partial charge in [0.25, 0.3) is 0 Å². The molecule has 124 valence electrons. The molecule has 0 aliphatic heterocycles. The number of hydrogen-bond acceptors (Lipinski definition) is 4. The second kappa shape index (κ2) is 13.5. The maximum Gasteiger partial charge on any atom is 0.0718 e. The molecule has 22 heavy (non-hydrogen) atoms. The van der Waals surface area contributed by atoms with Gasteiger partial charge in [-0.25, -0.2) is 0 Å². The highest BCUT2D eigenvalue weighted by molar-refractivity contribution is 5.47. The predicted molar refractivity (Wildman–Crippen MR) is 88.9 cm³/mol. The van der Waals surface area contributed by atoms with Crippen LogP contribution in [0.2, 0.25) is 0 Å². The maximum absolute atomic E-state index is 5.55. The van der Waals surface area contributed by atoms with E-state index in [1.54, 1.807) is 0 Å². The monoisotopic (exact) mass is 308 g/mol. The van der Waals surface area contributed by atoms with Gasteiger partial charge in [-0.05, 0) is 17.5 Å². The topological polar surface area (TPSA) is 36.9 Å². The van der Waals surface area contributed by atoms with Gasteiger partial charge in [0.15, 0.2) is 0 Å². The first kappa shape index (κ1) is 18.8. The molecule has 0 unspecified atom stereocenters. The van der Waals surface area contributed by atoms with Crippen molar-refractivity contribution in [2.24, 2.45) is 0 Å². The molecule has 0 amide bonds. The summed E-state index contributed by atoms with van der Waals surface area (Å²) >= 11 is 0. The van der Waals surface area contributed by atoms with Crippen LogP contribution in [0.25, 0.3) is 6.08 Å². The van der Waals surface area contributed by atoms with Crippen LogP contribution in [-0.4, -0.2) is 46.2 Å². The fraction of sp³-hybridized carbons (Fsp3) is 0.556. The van der Waals surface area contributed by atoms with E-state index >= 15 is 0 Å². The molecule has 0 N–H and O–H groups in total. The van der Waals surface area contributed by atoms with Gasteiger partial charge in [-0.15, -0.1) is 0 Å². The quantitative estimate of drug-likeness (QED) is 0.494. The summed E-state index contributed by atoms with van der Waals surface area (Å²) < 4.78 is 21.7. The Kier molecular flexibility index (Phi) is 11.5. The molecule has 1 aromatic rings. The molecule has 0 spiro atoms. The van der Waals surface area contributed by atoms with Gasteiger partial charge >= 0.3 is 0 Å². The molecule has 0 aromatic heterocycles. The van der Waals surface area contributed by atoms with Crippen LogP contribution in [0.5, 0.6) is 0 Å². The van der Waals surface area contributed by atoms with E-state index in [1.165, 1.54) is 0 Å². The predicted octanol–water partition coefficient (Wildman–Crippen LogP) is 3.31. The molecule has 0 saturated heterocycles. The minimum atomic E-state index is 0.584. The van der Waals surface area contributed by atoms with Gasteiger partial charge in [-0.2, -0.15) is 0 Å². The first-order chi connectivity index (χ1) is 10.9. The molecule has 0 heterocycles. The number of hydrogen-bond donors (Lipinski definition) is 0. The molecule has 0 saturated carbocycles. The van der Waals surface area contributed by atoms with Gasteiger partial charge in [0.2, 0.25) is 0 Å². The van der Waals surface area contributed by atoms with E-state index in [0.29, 0.717) is 46.2 Å². The zero-order valence-electron chi connectivity index (χ0n) is 13.6. The largest absolute Gasteiger partial charge is 0.379 e. The van der Waals surface area contributed by atoms with Crippen LogP contribution in [0.3, 0.4) is 0 Å². The summed E-state index contributed by atoms with van der Waals surface area (Å²) in [7, 11) is 0. The third-order valence-corrected chi connectivity index (χ3v) is 2.95. The summed E-state index contributed by atoms with van der Waals surface area (Å²) in [4.78, 5) is 0. The molecule has 0 atom stereocenters. The zero-order valence-corrected chi connectivity index (χ0v) is 13.6. The second-order valence-corrected chi connectivity index (χ2v) is 4.84. The fourth-order valence-electron chi connectivity index (χ4n) is 1.74. The van der Waals surface area contributed by atoms with Gasteiger partial charge in [0.1, 0.15) is 0 Å². The first-order valence-corrected chi connectivity index (χ1v) is 7.89. The normalized spacial score (nSPS) is 10.8. The van der Waals surface area contributed by atoms with E-state index < -0.39 is 0 Å². The van der Waals surface area contributed by atoms with Crippen molar-refractivity contribution in [3.8, 4) is 0 Å². The van der Waals surface area contributed by atoms with Crippen molar-refractivity contribution in [3.63, 3.8) is 0 Å². The summed E-state index contributed by atoms with van der Waals surface area (Å²) in [6.07, 6.45) is 2.87. The lowest BCUT2D eigenvalue weighted by molar-refractivity contribution is -0.00401. The van der Waals surface area contributed by atoms with E-state index in [1.807, 2.05) is 30.3 Å². The summed E-state index contributed by atoms with van der Waals surface area (Å²) in [6, 6.07) is 8.16. The van der Waals surface area contributed by atoms with Crippen LogP contribution in [0.1, 0.15) is 24.5 Å². The maximum atomic E-state index is 5.55. The molecular formula is C18H28O4. The van der Waals surface area contributed by atoms with Crippen molar-refractivity contribution in [2.75, 3.05) is 46.2 Å². The first-order valence-electron chi connectivity index (χ1n) is 7.89. The van der Waals surface area contributed by atoms with E-state index in [2.05, 4.69) is 13.5 Å². The lowest BCUT2D eigenvalue weighted by Gasteiger charge is -2.07. The van der Waals surface area contributed by atoms with Crippen LogP contribution in [-0.2, 0) is 25.6 Å². The Balaban J connectivity index is 1.86. The molecule has 0 fully saturated rings. The summed E-state index contributed by atoms with van der Waals surface area (Å²) in [5.41, 5.74) is 2.27. The number of benzene rings is 1. The molecule has 0 radical (unpaired) electrons. The standard InChI is InChI=1S/C18H28O4/c1-3-9-19-10-11-20-12-13-21-14-15-22-16-18-7-5-17(4-2)6-8-18/h4-8H,2-3,9-16H2,1H3. The van der Waals surface area contributed by atoms with Gasteiger partial charge < -0.3 is 18.9 Å². The summed E-state index contributed by atoms with van der Waals surface area (Å²) in [5, 5.41) is 0. The minimum Gasteiger partial charge on any atom is -0.379 e. The van der Waals surface area contributed by atoms with E-state index in [4.69, 9.17) is 18.9 Å². The third kappa shape index (κ3) is 9.68. The van der Waals surface area contributed by atoms with Crippen LogP contribution in [0, 0.1) is 0 Å². The van der Waals surface area contributed by atoms with Crippen molar-refractivity contribution >= 4 is 6.08 Å². The van der Waals surface area contributed by atoms with Crippen molar-refractivity contribution in [1.29, 1.82) is 0 Å². The Morgan fingerprint density at radius 2 is 1.27 bits per heavy atom. The summed E-state index contributed by atoms with van der Waals surface area (Å²) in [5.74, 6) is 0. The minimum absolute atomic E-state index is 0.584.